The summed E-state index contributed by atoms with van der Waals surface area (Å²) < 4.78 is 10.4. The first-order chi connectivity index (χ1) is 14.9. The predicted molar refractivity (Wildman–Crippen MR) is 119 cm³/mol. The zero-order valence-corrected chi connectivity index (χ0v) is 18.9. The number of likely N-dealkylation sites (tertiary alicyclic amines) is 1. The number of methoxy groups -OCH3 is 1. The lowest BCUT2D eigenvalue weighted by Gasteiger charge is -2.33. The van der Waals surface area contributed by atoms with Gasteiger partial charge in [-0.15, -0.1) is 0 Å². The maximum absolute atomic E-state index is 12.8. The Labute approximate surface area is 184 Å². The molecule has 3 rings (SSSR count). The third kappa shape index (κ3) is 6.18. The standard InChI is InChI=1S/C24H33N3O4/c1-17(26(3)16-21-14-22(18(2)31-21)24(29)30-4)23(28)25-20-10-12-27(13-11-20)15-19-8-6-5-7-9-19/h5-9,14,17,20H,10-13,15-16H2,1-4H3,(H,25,28). The van der Waals surface area contributed by atoms with Crippen LogP contribution in [0, 0.1) is 6.92 Å². The summed E-state index contributed by atoms with van der Waals surface area (Å²) in [6.07, 6.45) is 1.91. The van der Waals surface area contributed by atoms with Crippen LogP contribution in [0.15, 0.2) is 40.8 Å². The molecule has 7 nitrogen and oxygen atoms in total. The maximum Gasteiger partial charge on any atom is 0.341 e. The van der Waals surface area contributed by atoms with Gasteiger partial charge >= 0.3 is 5.97 Å². The monoisotopic (exact) mass is 427 g/mol. The Bertz CT molecular complexity index is 872. The van der Waals surface area contributed by atoms with Crippen LogP contribution >= 0.6 is 0 Å². The number of aryl methyl sites for hydroxylation is 1. The average molecular weight is 428 g/mol. The van der Waals surface area contributed by atoms with Gasteiger partial charge in [-0.2, -0.15) is 0 Å². The Balaban J connectivity index is 1.45. The molecule has 7 heteroatoms. The van der Waals surface area contributed by atoms with E-state index in [1.165, 1.54) is 12.7 Å². The van der Waals surface area contributed by atoms with E-state index in [9.17, 15) is 9.59 Å². The number of hydrogen-bond donors (Lipinski definition) is 1. The highest BCUT2D eigenvalue weighted by molar-refractivity contribution is 5.90. The summed E-state index contributed by atoms with van der Waals surface area (Å²) >= 11 is 0. The highest BCUT2D eigenvalue weighted by Gasteiger charge is 2.25. The number of nitrogens with zero attached hydrogens (tertiary/aromatic N) is 2. The van der Waals surface area contributed by atoms with Gasteiger partial charge in [0.15, 0.2) is 0 Å². The first-order valence-corrected chi connectivity index (χ1v) is 10.8. The number of ether oxygens (including phenoxy) is 1. The van der Waals surface area contributed by atoms with Crippen LogP contribution in [0.25, 0.3) is 0 Å². The number of esters is 1. The van der Waals surface area contributed by atoms with Gasteiger partial charge < -0.3 is 14.5 Å². The number of rotatable bonds is 8. The highest BCUT2D eigenvalue weighted by atomic mass is 16.5. The van der Waals surface area contributed by atoms with Crippen LogP contribution in [-0.4, -0.2) is 61.0 Å². The van der Waals surface area contributed by atoms with Crippen molar-refractivity contribution in [2.75, 3.05) is 27.2 Å². The van der Waals surface area contributed by atoms with Gasteiger partial charge in [-0.25, -0.2) is 4.79 Å². The summed E-state index contributed by atoms with van der Waals surface area (Å²) in [7, 11) is 3.22. The molecule has 0 bridgehead atoms. The van der Waals surface area contributed by atoms with Crippen LogP contribution in [0.3, 0.4) is 0 Å². The summed E-state index contributed by atoms with van der Waals surface area (Å²) in [6, 6.07) is 12.1. The lowest BCUT2D eigenvalue weighted by Crippen LogP contribution is -2.50. The largest absolute Gasteiger partial charge is 0.465 e. The van der Waals surface area contributed by atoms with Crippen molar-refractivity contribution in [1.82, 2.24) is 15.1 Å². The molecule has 1 unspecified atom stereocenters. The smallest absolute Gasteiger partial charge is 0.341 e. The zero-order chi connectivity index (χ0) is 22.4. The fourth-order valence-electron chi connectivity index (χ4n) is 3.92. The minimum absolute atomic E-state index is 0.0143. The van der Waals surface area contributed by atoms with Crippen molar-refractivity contribution >= 4 is 11.9 Å². The Morgan fingerprint density at radius 3 is 2.58 bits per heavy atom. The van der Waals surface area contributed by atoms with Crippen molar-refractivity contribution in [1.29, 1.82) is 0 Å². The molecular formula is C24H33N3O4. The summed E-state index contributed by atoms with van der Waals surface area (Å²) in [4.78, 5) is 28.9. The van der Waals surface area contributed by atoms with E-state index in [4.69, 9.17) is 9.15 Å². The number of carbonyl (C=O) groups excluding carboxylic acids is 2. The first-order valence-electron chi connectivity index (χ1n) is 10.8. The number of amides is 1. The second-order valence-electron chi connectivity index (χ2n) is 8.31. The summed E-state index contributed by atoms with van der Waals surface area (Å²) in [5, 5.41) is 3.20. The fourth-order valence-corrected chi connectivity index (χ4v) is 3.92. The van der Waals surface area contributed by atoms with E-state index >= 15 is 0 Å². The number of benzene rings is 1. The van der Waals surface area contributed by atoms with Crippen LogP contribution in [0.4, 0.5) is 0 Å². The van der Waals surface area contributed by atoms with Crippen molar-refractivity contribution in [2.45, 2.75) is 51.9 Å². The molecule has 1 amide bonds. The number of hydrogen-bond acceptors (Lipinski definition) is 6. The number of furan rings is 1. The lowest BCUT2D eigenvalue weighted by atomic mass is 10.0. The Kier molecular flexibility index (Phi) is 7.87. The maximum atomic E-state index is 12.8. The quantitative estimate of drug-likeness (QED) is 0.653. The Hall–Kier alpha value is -2.64. The molecule has 2 heterocycles. The van der Waals surface area contributed by atoms with E-state index in [-0.39, 0.29) is 18.0 Å². The third-order valence-corrected chi connectivity index (χ3v) is 6.00. The number of piperidine rings is 1. The van der Waals surface area contributed by atoms with Gasteiger partial charge in [-0.05, 0) is 45.4 Å². The van der Waals surface area contributed by atoms with E-state index in [1.807, 2.05) is 24.9 Å². The first kappa shape index (κ1) is 23.0. The van der Waals surface area contributed by atoms with Crippen molar-refractivity contribution in [3.63, 3.8) is 0 Å². The average Bonchev–Trinajstić information content (AvgIpc) is 3.14. The van der Waals surface area contributed by atoms with Gasteiger partial charge in [0.2, 0.25) is 5.91 Å². The van der Waals surface area contributed by atoms with E-state index in [0.717, 1.165) is 32.5 Å². The molecule has 1 aromatic carbocycles. The molecule has 0 spiro atoms. The van der Waals surface area contributed by atoms with Crippen LogP contribution in [0.2, 0.25) is 0 Å². The van der Waals surface area contributed by atoms with E-state index < -0.39 is 5.97 Å². The van der Waals surface area contributed by atoms with Crippen molar-refractivity contribution in [2.24, 2.45) is 0 Å². The van der Waals surface area contributed by atoms with E-state index in [1.54, 1.807) is 13.0 Å². The molecule has 1 fully saturated rings. The Morgan fingerprint density at radius 2 is 1.94 bits per heavy atom. The topological polar surface area (TPSA) is 75.0 Å². The molecule has 1 N–H and O–H groups in total. The van der Waals surface area contributed by atoms with Gasteiger partial charge in [0.05, 0.1) is 19.7 Å². The third-order valence-electron chi connectivity index (χ3n) is 6.00. The molecule has 1 saturated heterocycles. The molecule has 1 aromatic heterocycles. The molecule has 2 aromatic rings. The van der Waals surface area contributed by atoms with Gasteiger partial charge in [0, 0.05) is 25.7 Å². The van der Waals surface area contributed by atoms with Crippen molar-refractivity contribution in [3.8, 4) is 0 Å². The van der Waals surface area contributed by atoms with Gasteiger partial charge in [-0.1, -0.05) is 30.3 Å². The molecule has 1 atom stereocenters. The van der Waals surface area contributed by atoms with Crippen molar-refractivity contribution < 1.29 is 18.7 Å². The molecule has 168 valence electrons. The lowest BCUT2D eigenvalue weighted by molar-refractivity contribution is -0.126. The Morgan fingerprint density at radius 1 is 1.26 bits per heavy atom. The van der Waals surface area contributed by atoms with Crippen LogP contribution in [0.1, 0.15) is 47.2 Å². The van der Waals surface area contributed by atoms with E-state index in [0.29, 0.717) is 23.6 Å². The second kappa shape index (κ2) is 10.6. The van der Waals surface area contributed by atoms with Crippen LogP contribution in [0.5, 0.6) is 0 Å². The minimum Gasteiger partial charge on any atom is -0.465 e. The molecule has 0 aliphatic carbocycles. The SMILES string of the molecule is COC(=O)c1cc(CN(C)C(C)C(=O)NC2CCN(Cc3ccccc3)CC2)oc1C. The van der Waals surface area contributed by atoms with Gasteiger partial charge in [0.25, 0.3) is 0 Å². The molecule has 0 radical (unpaired) electrons. The fraction of sp³-hybridized carbons (Fsp3) is 0.500. The van der Waals surface area contributed by atoms with Crippen LogP contribution in [-0.2, 0) is 22.6 Å². The van der Waals surface area contributed by atoms with Crippen LogP contribution < -0.4 is 5.32 Å². The summed E-state index contributed by atoms with van der Waals surface area (Å²) in [6.45, 7) is 6.96. The highest BCUT2D eigenvalue weighted by Crippen LogP contribution is 2.18. The second-order valence-corrected chi connectivity index (χ2v) is 8.31. The molecule has 0 saturated carbocycles. The zero-order valence-electron chi connectivity index (χ0n) is 18.9. The van der Waals surface area contributed by atoms with Gasteiger partial charge in [-0.3, -0.25) is 14.6 Å². The normalized spacial score (nSPS) is 16.3. The van der Waals surface area contributed by atoms with Crippen molar-refractivity contribution in [3.05, 3.63) is 59.0 Å². The van der Waals surface area contributed by atoms with Gasteiger partial charge in [0.1, 0.15) is 17.1 Å². The van der Waals surface area contributed by atoms with E-state index in [2.05, 4.69) is 34.5 Å². The number of likely N-dealkylation sites (N-methyl/N-ethyl adjacent to an activating group) is 1. The predicted octanol–water partition coefficient (Wildman–Crippen LogP) is 2.98. The molecule has 1 aliphatic rings. The number of carbonyl (C=O) groups is 2. The molecule has 31 heavy (non-hydrogen) atoms. The summed E-state index contributed by atoms with van der Waals surface area (Å²) in [5.74, 6) is 0.754. The molecule has 1 aliphatic heterocycles. The molecular weight excluding hydrogens is 394 g/mol. The number of nitrogens with one attached hydrogen (secondary N) is 1. The summed E-state index contributed by atoms with van der Waals surface area (Å²) in [5.41, 5.74) is 1.74. The minimum atomic E-state index is -0.417.